The molecule has 0 atom stereocenters. The highest BCUT2D eigenvalue weighted by Crippen LogP contribution is 2.24. The normalized spacial score (nSPS) is 16.9. The van der Waals surface area contributed by atoms with Gasteiger partial charge >= 0.3 is 6.05 Å². The van der Waals surface area contributed by atoms with E-state index in [0.717, 1.165) is 4.90 Å². The predicted octanol–water partition coefficient (Wildman–Crippen LogP) is 1.75. The summed E-state index contributed by atoms with van der Waals surface area (Å²) >= 11 is 0. The molecule has 0 bridgehead atoms. The number of rotatable bonds is 5. The van der Waals surface area contributed by atoms with Crippen molar-refractivity contribution in [2.75, 3.05) is 26.3 Å². The molecule has 4 nitrogen and oxygen atoms in total. The summed E-state index contributed by atoms with van der Waals surface area (Å²) in [4.78, 5) is 24.2. The first kappa shape index (κ1) is 14.7. The smallest absolute Gasteiger partial charge is 0.364 e. The highest BCUT2D eigenvalue weighted by molar-refractivity contribution is 6.09. The van der Waals surface area contributed by atoms with Crippen LogP contribution in [0.1, 0.15) is 16.8 Å². The summed E-state index contributed by atoms with van der Waals surface area (Å²) in [6.07, 6.45) is -0.797. The molecular weight excluding hydrogens is 268 g/mol. The SMILES string of the molecule is O=C(CC(=O)C(F)(F)N1CCOCC1)c1ccccc1. The first-order chi connectivity index (χ1) is 9.51. The molecule has 1 saturated heterocycles. The zero-order valence-electron chi connectivity index (χ0n) is 10.9. The second-order valence-corrected chi connectivity index (χ2v) is 4.53. The Morgan fingerprint density at radius 1 is 1.15 bits per heavy atom. The van der Waals surface area contributed by atoms with E-state index in [2.05, 4.69) is 0 Å². The molecule has 1 aliphatic heterocycles. The number of nitrogens with zero attached hydrogens (tertiary/aromatic N) is 1. The van der Waals surface area contributed by atoms with E-state index < -0.39 is 24.0 Å². The summed E-state index contributed by atoms with van der Waals surface area (Å²) in [5, 5.41) is 0. The number of halogens is 2. The Morgan fingerprint density at radius 3 is 2.35 bits per heavy atom. The topological polar surface area (TPSA) is 46.6 Å². The highest BCUT2D eigenvalue weighted by Gasteiger charge is 2.45. The van der Waals surface area contributed by atoms with E-state index in [9.17, 15) is 18.4 Å². The molecule has 1 heterocycles. The molecule has 0 radical (unpaired) electrons. The third kappa shape index (κ3) is 3.26. The maximum Gasteiger partial charge on any atom is 0.364 e. The van der Waals surface area contributed by atoms with Crippen molar-refractivity contribution in [3.05, 3.63) is 35.9 Å². The average molecular weight is 283 g/mol. The maximum atomic E-state index is 13.9. The largest absolute Gasteiger partial charge is 0.379 e. The highest BCUT2D eigenvalue weighted by atomic mass is 19.3. The lowest BCUT2D eigenvalue weighted by Crippen LogP contribution is -2.53. The minimum atomic E-state index is -3.62. The molecule has 6 heteroatoms. The third-order valence-corrected chi connectivity index (χ3v) is 3.16. The van der Waals surface area contributed by atoms with Crippen LogP contribution in [0.25, 0.3) is 0 Å². The number of ketones is 2. The van der Waals surface area contributed by atoms with Crippen LogP contribution < -0.4 is 0 Å². The summed E-state index contributed by atoms with van der Waals surface area (Å²) < 4.78 is 32.9. The van der Waals surface area contributed by atoms with Crippen LogP contribution in [0.5, 0.6) is 0 Å². The van der Waals surface area contributed by atoms with Crippen LogP contribution >= 0.6 is 0 Å². The number of hydrogen-bond donors (Lipinski definition) is 0. The number of ether oxygens (including phenoxy) is 1. The van der Waals surface area contributed by atoms with E-state index in [0.29, 0.717) is 0 Å². The van der Waals surface area contributed by atoms with Gasteiger partial charge in [0.25, 0.3) is 0 Å². The Hall–Kier alpha value is -1.66. The van der Waals surface area contributed by atoms with Gasteiger partial charge in [-0.3, -0.25) is 9.59 Å². The fourth-order valence-electron chi connectivity index (χ4n) is 2.00. The van der Waals surface area contributed by atoms with E-state index in [1.54, 1.807) is 18.2 Å². The zero-order valence-corrected chi connectivity index (χ0v) is 10.9. The molecular formula is C14H15F2NO3. The van der Waals surface area contributed by atoms with Crippen molar-refractivity contribution in [2.24, 2.45) is 0 Å². The second kappa shape index (κ2) is 6.19. The van der Waals surface area contributed by atoms with Crippen molar-refractivity contribution in [2.45, 2.75) is 12.5 Å². The van der Waals surface area contributed by atoms with Crippen molar-refractivity contribution < 1.29 is 23.1 Å². The average Bonchev–Trinajstić information content (AvgIpc) is 2.49. The molecule has 0 amide bonds. The van der Waals surface area contributed by atoms with Crippen molar-refractivity contribution in [3.63, 3.8) is 0 Å². The fraction of sp³-hybridized carbons (Fsp3) is 0.429. The number of Topliss-reactive ketones (excluding diaryl/α,β-unsaturated/α-hetero) is 2. The van der Waals surface area contributed by atoms with E-state index in [1.807, 2.05) is 0 Å². The van der Waals surface area contributed by atoms with Crippen LogP contribution in [-0.4, -0.2) is 48.8 Å². The molecule has 1 aromatic carbocycles. The summed E-state index contributed by atoms with van der Waals surface area (Å²) in [6, 6.07) is 4.34. The zero-order chi connectivity index (χ0) is 14.6. The van der Waals surface area contributed by atoms with Gasteiger partial charge in [-0.05, 0) is 0 Å². The minimum Gasteiger partial charge on any atom is -0.379 e. The van der Waals surface area contributed by atoms with Gasteiger partial charge in [0.1, 0.15) is 0 Å². The van der Waals surface area contributed by atoms with E-state index in [1.165, 1.54) is 12.1 Å². The molecule has 0 unspecified atom stereocenters. The van der Waals surface area contributed by atoms with E-state index >= 15 is 0 Å². The summed E-state index contributed by atoms with van der Waals surface area (Å²) in [7, 11) is 0. The number of hydrogen-bond acceptors (Lipinski definition) is 4. The molecule has 1 aliphatic rings. The van der Waals surface area contributed by atoms with Crippen LogP contribution in [0.4, 0.5) is 8.78 Å². The monoisotopic (exact) mass is 283 g/mol. The Labute approximate surface area is 115 Å². The molecule has 2 rings (SSSR count). The predicted molar refractivity (Wildman–Crippen MR) is 67.7 cm³/mol. The molecule has 108 valence electrons. The maximum absolute atomic E-state index is 13.9. The van der Waals surface area contributed by atoms with Gasteiger partial charge in [-0.1, -0.05) is 30.3 Å². The van der Waals surface area contributed by atoms with Crippen molar-refractivity contribution in [1.82, 2.24) is 4.90 Å². The van der Waals surface area contributed by atoms with Gasteiger partial charge in [0, 0.05) is 18.7 Å². The van der Waals surface area contributed by atoms with Crippen molar-refractivity contribution >= 4 is 11.6 Å². The molecule has 0 aromatic heterocycles. The van der Waals surface area contributed by atoms with Gasteiger partial charge in [-0.2, -0.15) is 8.78 Å². The number of benzene rings is 1. The number of carbonyl (C=O) groups excluding carboxylic acids is 2. The Morgan fingerprint density at radius 2 is 1.75 bits per heavy atom. The van der Waals surface area contributed by atoms with Gasteiger partial charge in [-0.25, -0.2) is 4.90 Å². The fourth-order valence-corrected chi connectivity index (χ4v) is 2.00. The quantitative estimate of drug-likeness (QED) is 0.469. The molecule has 1 aromatic rings. The van der Waals surface area contributed by atoms with Crippen molar-refractivity contribution in [3.8, 4) is 0 Å². The van der Waals surface area contributed by atoms with Crippen LogP contribution in [0, 0.1) is 0 Å². The minimum absolute atomic E-state index is 0.0156. The molecule has 1 fully saturated rings. The summed E-state index contributed by atoms with van der Waals surface area (Å²) in [5.41, 5.74) is 0.263. The molecule has 0 spiro atoms. The lowest BCUT2D eigenvalue weighted by atomic mass is 10.0. The Bertz CT molecular complexity index is 484. The summed E-state index contributed by atoms with van der Waals surface area (Å²) in [6.45, 7) is 0.293. The standard InChI is InChI=1S/C14H15F2NO3/c15-14(16,17-6-8-20-9-7-17)13(19)10-12(18)11-4-2-1-3-5-11/h1-5H,6-10H2. The van der Waals surface area contributed by atoms with Crippen LogP contribution in [0.2, 0.25) is 0 Å². The molecule has 20 heavy (non-hydrogen) atoms. The summed E-state index contributed by atoms with van der Waals surface area (Å²) in [5.74, 6) is -1.96. The lowest BCUT2D eigenvalue weighted by molar-refractivity contribution is -0.186. The lowest BCUT2D eigenvalue weighted by Gasteiger charge is -2.32. The third-order valence-electron chi connectivity index (χ3n) is 3.16. The van der Waals surface area contributed by atoms with Crippen LogP contribution in [0.15, 0.2) is 30.3 Å². The number of carbonyl (C=O) groups is 2. The van der Waals surface area contributed by atoms with Gasteiger partial charge < -0.3 is 4.74 Å². The van der Waals surface area contributed by atoms with Crippen LogP contribution in [0.3, 0.4) is 0 Å². The van der Waals surface area contributed by atoms with E-state index in [4.69, 9.17) is 4.74 Å². The first-order valence-electron chi connectivity index (χ1n) is 6.34. The molecule has 0 saturated carbocycles. The van der Waals surface area contributed by atoms with Gasteiger partial charge in [0.15, 0.2) is 5.78 Å². The van der Waals surface area contributed by atoms with Crippen molar-refractivity contribution in [1.29, 1.82) is 0 Å². The Balaban J connectivity index is 2.01. The molecule has 0 N–H and O–H groups in total. The van der Waals surface area contributed by atoms with Gasteiger partial charge in [0.2, 0.25) is 5.78 Å². The number of morpholine rings is 1. The molecule has 0 aliphatic carbocycles. The number of alkyl halides is 2. The first-order valence-corrected chi connectivity index (χ1v) is 6.34. The van der Waals surface area contributed by atoms with Gasteiger partial charge in [0.05, 0.1) is 19.6 Å². The second-order valence-electron chi connectivity index (χ2n) is 4.53. The van der Waals surface area contributed by atoms with Gasteiger partial charge in [-0.15, -0.1) is 0 Å². The van der Waals surface area contributed by atoms with Crippen LogP contribution in [-0.2, 0) is 9.53 Å². The van der Waals surface area contributed by atoms with E-state index in [-0.39, 0.29) is 31.9 Å². The Kier molecular flexibility index (Phi) is 4.57.